The van der Waals surface area contributed by atoms with Crippen LogP contribution in [-0.4, -0.2) is 19.6 Å². The number of nitrogen functional groups attached to an aromatic ring is 1. The summed E-state index contributed by atoms with van der Waals surface area (Å²) in [4.78, 5) is 11.4. The van der Waals surface area contributed by atoms with Crippen LogP contribution in [0.1, 0.15) is 43.0 Å². The summed E-state index contributed by atoms with van der Waals surface area (Å²) < 4.78 is 4.69. The van der Waals surface area contributed by atoms with E-state index in [1.54, 1.807) is 12.1 Å². The molecule has 0 radical (unpaired) electrons. The van der Waals surface area contributed by atoms with Gasteiger partial charge < -0.3 is 15.8 Å². The van der Waals surface area contributed by atoms with Gasteiger partial charge in [0.05, 0.1) is 24.0 Å². The summed E-state index contributed by atoms with van der Waals surface area (Å²) in [5.41, 5.74) is 7.97. The van der Waals surface area contributed by atoms with Crippen molar-refractivity contribution >= 4 is 17.3 Å². The molecule has 1 aliphatic rings. The number of esters is 1. The molecule has 2 rings (SSSR count). The van der Waals surface area contributed by atoms with Gasteiger partial charge in [0, 0.05) is 6.54 Å². The van der Waals surface area contributed by atoms with E-state index in [1.807, 2.05) is 6.07 Å². The van der Waals surface area contributed by atoms with Crippen molar-refractivity contribution in [1.82, 2.24) is 0 Å². The summed E-state index contributed by atoms with van der Waals surface area (Å²) in [6.45, 7) is 3.28. The number of hydrogen-bond donors (Lipinski definition) is 2. The number of carbonyl (C=O) groups is 1. The van der Waals surface area contributed by atoms with Gasteiger partial charge in [0.2, 0.25) is 0 Å². The maximum absolute atomic E-state index is 11.4. The fraction of sp³-hybridized carbons (Fsp3) is 0.562. The molecule has 3 N–H and O–H groups in total. The van der Waals surface area contributed by atoms with E-state index in [-0.39, 0.29) is 5.97 Å². The number of hydrogen-bond acceptors (Lipinski definition) is 4. The lowest BCUT2D eigenvalue weighted by Gasteiger charge is -2.29. The normalized spacial score (nSPS) is 22.3. The van der Waals surface area contributed by atoms with Gasteiger partial charge in [-0.2, -0.15) is 0 Å². The average Bonchev–Trinajstić information content (AvgIpc) is 2.46. The van der Waals surface area contributed by atoms with Gasteiger partial charge in [-0.3, -0.25) is 0 Å². The van der Waals surface area contributed by atoms with Crippen LogP contribution in [0.25, 0.3) is 0 Å². The largest absolute Gasteiger partial charge is 0.465 e. The third kappa shape index (κ3) is 3.44. The Hall–Kier alpha value is -1.71. The van der Waals surface area contributed by atoms with Crippen molar-refractivity contribution in [3.63, 3.8) is 0 Å². The average molecular weight is 276 g/mol. The molecule has 1 aromatic rings. The van der Waals surface area contributed by atoms with Gasteiger partial charge in [-0.05, 0) is 36.5 Å². The van der Waals surface area contributed by atoms with Crippen LogP contribution in [-0.2, 0) is 4.74 Å². The molecule has 4 heteroatoms. The second-order valence-electron chi connectivity index (χ2n) is 5.70. The van der Waals surface area contributed by atoms with Crippen LogP contribution in [0.2, 0.25) is 0 Å². The van der Waals surface area contributed by atoms with Crippen LogP contribution >= 0.6 is 0 Å². The van der Waals surface area contributed by atoms with Crippen LogP contribution in [0.15, 0.2) is 18.2 Å². The molecule has 4 nitrogen and oxygen atoms in total. The SMILES string of the molecule is COC(=O)c1ccc(NCC2CCCCC2C)c(N)c1. The van der Waals surface area contributed by atoms with Gasteiger partial charge in [-0.25, -0.2) is 4.79 Å². The van der Waals surface area contributed by atoms with Gasteiger partial charge in [0.1, 0.15) is 0 Å². The lowest BCUT2D eigenvalue weighted by atomic mass is 9.80. The minimum atomic E-state index is -0.357. The highest BCUT2D eigenvalue weighted by Crippen LogP contribution is 2.30. The zero-order valence-corrected chi connectivity index (χ0v) is 12.3. The van der Waals surface area contributed by atoms with Gasteiger partial charge in [-0.15, -0.1) is 0 Å². The lowest BCUT2D eigenvalue weighted by molar-refractivity contribution is 0.0601. The van der Waals surface area contributed by atoms with E-state index in [0.29, 0.717) is 17.2 Å². The van der Waals surface area contributed by atoms with Crippen LogP contribution in [0.5, 0.6) is 0 Å². The van der Waals surface area contributed by atoms with Gasteiger partial charge in [-0.1, -0.05) is 26.2 Å². The van der Waals surface area contributed by atoms with Crippen LogP contribution in [0.4, 0.5) is 11.4 Å². The number of methoxy groups -OCH3 is 1. The van der Waals surface area contributed by atoms with Gasteiger partial charge in [0.25, 0.3) is 0 Å². The molecule has 1 saturated carbocycles. The monoisotopic (exact) mass is 276 g/mol. The first-order chi connectivity index (χ1) is 9.61. The number of rotatable bonds is 4. The zero-order valence-electron chi connectivity index (χ0n) is 12.3. The Balaban J connectivity index is 1.97. The minimum Gasteiger partial charge on any atom is -0.465 e. The highest BCUT2D eigenvalue weighted by Gasteiger charge is 2.21. The summed E-state index contributed by atoms with van der Waals surface area (Å²) in [6, 6.07) is 5.27. The maximum atomic E-state index is 11.4. The summed E-state index contributed by atoms with van der Waals surface area (Å²) in [7, 11) is 1.37. The maximum Gasteiger partial charge on any atom is 0.337 e. The van der Waals surface area contributed by atoms with Crippen molar-refractivity contribution in [1.29, 1.82) is 0 Å². The molecule has 0 heterocycles. The molecule has 1 aromatic carbocycles. The quantitative estimate of drug-likeness (QED) is 0.654. The second kappa shape index (κ2) is 6.64. The fourth-order valence-corrected chi connectivity index (χ4v) is 2.91. The number of nitrogens with two attached hydrogens (primary N) is 1. The highest BCUT2D eigenvalue weighted by atomic mass is 16.5. The van der Waals surface area contributed by atoms with Crippen LogP contribution < -0.4 is 11.1 Å². The molecular weight excluding hydrogens is 252 g/mol. The molecule has 0 spiro atoms. The molecule has 2 atom stereocenters. The summed E-state index contributed by atoms with van der Waals surface area (Å²) in [5.74, 6) is 1.12. The number of anilines is 2. The second-order valence-corrected chi connectivity index (χ2v) is 5.70. The molecule has 20 heavy (non-hydrogen) atoms. The standard InChI is InChI=1S/C16H24N2O2/c1-11-5-3-4-6-13(11)10-18-15-8-7-12(9-14(15)17)16(19)20-2/h7-9,11,13,18H,3-6,10,17H2,1-2H3. The summed E-state index contributed by atoms with van der Waals surface area (Å²) in [5, 5.41) is 3.42. The molecular formula is C16H24N2O2. The molecule has 1 aliphatic carbocycles. The Morgan fingerprint density at radius 3 is 2.80 bits per heavy atom. The fourth-order valence-electron chi connectivity index (χ4n) is 2.91. The number of nitrogens with one attached hydrogen (secondary N) is 1. The Kier molecular flexibility index (Phi) is 4.88. The summed E-state index contributed by atoms with van der Waals surface area (Å²) in [6.07, 6.45) is 5.29. The van der Waals surface area contributed by atoms with Crippen molar-refractivity contribution in [2.75, 3.05) is 24.7 Å². The zero-order chi connectivity index (χ0) is 14.5. The molecule has 0 aromatic heterocycles. The predicted octanol–water partition coefficient (Wildman–Crippen LogP) is 3.29. The van der Waals surface area contributed by atoms with E-state index in [2.05, 4.69) is 17.0 Å². The van der Waals surface area contributed by atoms with E-state index in [4.69, 9.17) is 5.73 Å². The Labute approximate surface area is 120 Å². The van der Waals surface area contributed by atoms with Crippen molar-refractivity contribution in [2.45, 2.75) is 32.6 Å². The lowest BCUT2D eigenvalue weighted by Crippen LogP contribution is -2.24. The number of ether oxygens (including phenoxy) is 1. The van der Waals surface area contributed by atoms with Crippen molar-refractivity contribution in [3.8, 4) is 0 Å². The van der Waals surface area contributed by atoms with E-state index in [9.17, 15) is 4.79 Å². The van der Waals surface area contributed by atoms with Crippen molar-refractivity contribution in [3.05, 3.63) is 23.8 Å². The molecule has 0 aliphatic heterocycles. The van der Waals surface area contributed by atoms with Gasteiger partial charge in [0.15, 0.2) is 0 Å². The van der Waals surface area contributed by atoms with Gasteiger partial charge >= 0.3 is 5.97 Å². The van der Waals surface area contributed by atoms with E-state index in [0.717, 1.165) is 18.2 Å². The van der Waals surface area contributed by atoms with Crippen molar-refractivity contribution < 1.29 is 9.53 Å². The molecule has 2 unspecified atom stereocenters. The predicted molar refractivity (Wildman–Crippen MR) is 81.8 cm³/mol. The summed E-state index contributed by atoms with van der Waals surface area (Å²) >= 11 is 0. The Morgan fingerprint density at radius 1 is 1.40 bits per heavy atom. The Morgan fingerprint density at radius 2 is 2.15 bits per heavy atom. The first kappa shape index (κ1) is 14.7. The van der Waals surface area contributed by atoms with Crippen molar-refractivity contribution in [2.24, 2.45) is 11.8 Å². The topological polar surface area (TPSA) is 64.3 Å². The van der Waals surface area contributed by atoms with E-state index >= 15 is 0 Å². The smallest absolute Gasteiger partial charge is 0.337 e. The van der Waals surface area contributed by atoms with Crippen LogP contribution in [0, 0.1) is 11.8 Å². The molecule has 0 bridgehead atoms. The molecule has 110 valence electrons. The number of benzene rings is 1. The Bertz CT molecular complexity index is 474. The third-order valence-electron chi connectivity index (χ3n) is 4.32. The first-order valence-electron chi connectivity index (χ1n) is 7.33. The third-order valence-corrected chi connectivity index (χ3v) is 4.32. The molecule has 0 amide bonds. The van der Waals surface area contributed by atoms with E-state index in [1.165, 1.54) is 32.8 Å². The highest BCUT2D eigenvalue weighted by molar-refractivity contribution is 5.91. The molecule has 1 fully saturated rings. The van der Waals surface area contributed by atoms with E-state index < -0.39 is 0 Å². The first-order valence-corrected chi connectivity index (χ1v) is 7.33. The van der Waals surface area contributed by atoms with Crippen LogP contribution in [0.3, 0.4) is 0 Å². The minimum absolute atomic E-state index is 0.357. The number of carbonyl (C=O) groups excluding carboxylic acids is 1. The molecule has 0 saturated heterocycles.